The monoisotopic (exact) mass is 1400 g/mol. The van der Waals surface area contributed by atoms with Crippen LogP contribution in [0.2, 0.25) is 0 Å². The molecule has 3 aliphatic heterocycles. The smallest absolute Gasteiger partial charge is 0.310 e. The van der Waals surface area contributed by atoms with E-state index < -0.39 is 24.3 Å². The minimum absolute atomic E-state index is 0. The number of ether oxygens (including phenoxy) is 9. The van der Waals surface area contributed by atoms with Crippen molar-refractivity contribution < 1.29 is 86.4 Å². The highest BCUT2D eigenvalue weighted by Crippen LogP contribution is 2.53. The van der Waals surface area contributed by atoms with E-state index in [4.69, 9.17) is 42.6 Å². The zero-order chi connectivity index (χ0) is 73.2. The first-order valence-electron chi connectivity index (χ1n) is 34.3. The molecule has 4 amide bonds. The molecular weight excluding hydrogens is 1310 g/mol. The number of aliphatic hydroxyl groups is 2. The van der Waals surface area contributed by atoms with E-state index in [0.29, 0.717) is 104 Å². The van der Waals surface area contributed by atoms with Gasteiger partial charge in [-0.15, -0.1) is 0 Å². The predicted octanol–water partition coefficient (Wildman–Crippen LogP) is 15.1. The van der Waals surface area contributed by atoms with Gasteiger partial charge in [-0.2, -0.15) is 0 Å². The van der Waals surface area contributed by atoms with Gasteiger partial charge in [0, 0.05) is 43.7 Å². The number of esters is 3. The van der Waals surface area contributed by atoms with Crippen LogP contribution in [0.3, 0.4) is 0 Å². The standard InChI is InChI=1S/2C27H29NO6.C27H27NO6.CH4/c3*1-5-16(3)34-25-20-10-8-7-9-19(20)24(32-4)22-23(25)27(31)28(26(22)30)18-13-11-17(12-14-18)15-21(29)33-6-2;/h7-14,16,27,31H,5-6,15H2,1-4H3;7-14,16,26,30H,5-6,15H2,1-4H3;7-14,16H,5-6,15H2,1-4H3;1H4. The maximum Gasteiger partial charge on any atom is 0.310 e. The summed E-state index contributed by atoms with van der Waals surface area (Å²) in [5, 5.41) is 27.2. The van der Waals surface area contributed by atoms with Crippen molar-refractivity contribution in [2.24, 2.45) is 0 Å². The van der Waals surface area contributed by atoms with Crippen molar-refractivity contribution in [3.8, 4) is 34.5 Å². The zero-order valence-corrected chi connectivity index (χ0v) is 59.4. The number of hydrogen-bond acceptors (Lipinski definition) is 18. The van der Waals surface area contributed by atoms with E-state index in [9.17, 15) is 43.8 Å². The highest BCUT2D eigenvalue weighted by Gasteiger charge is 2.47. The number of aliphatic hydroxyl groups excluding tert-OH is 2. The molecule has 0 aromatic heterocycles. The normalized spacial score (nSPS) is 15.0. The molecule has 540 valence electrons. The third-order valence-electron chi connectivity index (χ3n) is 18.0. The molecule has 0 saturated heterocycles. The molecule has 0 spiro atoms. The van der Waals surface area contributed by atoms with Gasteiger partial charge in [0.2, 0.25) is 0 Å². The molecule has 12 rings (SSSR count). The zero-order valence-electron chi connectivity index (χ0n) is 59.4. The van der Waals surface area contributed by atoms with Gasteiger partial charge in [0.15, 0.2) is 12.5 Å². The quantitative estimate of drug-likeness (QED) is 0.0324. The van der Waals surface area contributed by atoms with Gasteiger partial charge in [-0.3, -0.25) is 43.4 Å². The Morgan fingerprint density at radius 2 is 0.641 bits per heavy atom. The fraction of sp³-hybridized carbons (Fsp3) is 0.329. The molecule has 2 N–H and O–H groups in total. The van der Waals surface area contributed by atoms with Crippen LogP contribution in [0.1, 0.15) is 171 Å². The van der Waals surface area contributed by atoms with Gasteiger partial charge >= 0.3 is 17.9 Å². The van der Waals surface area contributed by atoms with Crippen LogP contribution in [-0.4, -0.2) is 111 Å². The molecule has 21 heteroatoms. The fourth-order valence-corrected chi connectivity index (χ4v) is 12.6. The van der Waals surface area contributed by atoms with Gasteiger partial charge < -0.3 is 52.8 Å². The summed E-state index contributed by atoms with van der Waals surface area (Å²) in [5.41, 5.74) is 5.43. The first kappa shape index (κ1) is 76.2. The number of methoxy groups -OCH3 is 3. The molecule has 0 bridgehead atoms. The maximum absolute atomic E-state index is 13.7. The Kier molecular flexibility index (Phi) is 24.9. The highest BCUT2D eigenvalue weighted by atomic mass is 16.5. The summed E-state index contributed by atoms with van der Waals surface area (Å²) in [6, 6.07) is 43.1. The number of anilines is 3. The van der Waals surface area contributed by atoms with Crippen molar-refractivity contribution >= 4 is 90.9 Å². The molecule has 9 aromatic rings. The Hall–Kier alpha value is -11.0. The van der Waals surface area contributed by atoms with E-state index in [1.54, 1.807) is 93.6 Å². The van der Waals surface area contributed by atoms with Crippen molar-refractivity contribution in [2.75, 3.05) is 55.8 Å². The molecule has 0 saturated carbocycles. The SMILES string of the molecule is C.CCOC(=O)Cc1ccc(N2C(=O)c3c(c(OC(C)CC)c4ccccc4c3OC)C2=O)cc1.CCOC(=O)Cc1ccc(N2C(=O)c3c(c(OC(C)CC)c4ccccc4c3OC)C2O)cc1.CCOC(=O)Cc1ccc(N2C(=O)c3c(c(OC)c4ccccc4c3OC(C)CC)C2O)cc1. The number of carbonyl (C=O) groups excluding carboxylic acids is 7. The Balaban J connectivity index is 0.000000179. The first-order chi connectivity index (χ1) is 49.2. The van der Waals surface area contributed by atoms with Crippen LogP contribution in [0.25, 0.3) is 32.3 Å². The number of benzene rings is 9. The highest BCUT2D eigenvalue weighted by molar-refractivity contribution is 6.38. The van der Waals surface area contributed by atoms with Crippen LogP contribution in [0, 0.1) is 0 Å². The lowest BCUT2D eigenvalue weighted by molar-refractivity contribution is -0.143. The number of rotatable bonds is 24. The molecule has 9 aromatic carbocycles. The predicted molar refractivity (Wildman–Crippen MR) is 394 cm³/mol. The number of amides is 4. The molecule has 5 atom stereocenters. The van der Waals surface area contributed by atoms with Crippen LogP contribution in [0.15, 0.2) is 146 Å². The largest absolute Gasteiger partial charge is 0.496 e. The van der Waals surface area contributed by atoms with Crippen LogP contribution in [-0.2, 0) is 47.9 Å². The lowest BCUT2D eigenvalue weighted by atomic mass is 9.98. The molecule has 5 unspecified atom stereocenters. The molecule has 0 fully saturated rings. The Labute approximate surface area is 599 Å². The number of fused-ring (bicyclic) bond motifs is 6. The van der Waals surface area contributed by atoms with E-state index in [2.05, 4.69) is 0 Å². The van der Waals surface area contributed by atoms with E-state index in [-0.39, 0.29) is 85.9 Å². The Bertz CT molecular complexity index is 4570. The summed E-state index contributed by atoms with van der Waals surface area (Å²) in [6.45, 7) is 18.1. The van der Waals surface area contributed by atoms with Crippen LogP contribution >= 0.6 is 0 Å². The topological polar surface area (TPSA) is 253 Å². The average molecular weight is 1400 g/mol. The van der Waals surface area contributed by atoms with Gasteiger partial charge in [-0.1, -0.05) is 137 Å². The first-order valence-corrected chi connectivity index (χ1v) is 34.3. The van der Waals surface area contributed by atoms with Crippen molar-refractivity contribution in [2.45, 2.75) is 139 Å². The molecule has 103 heavy (non-hydrogen) atoms. The molecule has 0 aliphatic carbocycles. The van der Waals surface area contributed by atoms with E-state index in [1.807, 2.05) is 114 Å². The number of nitrogens with zero attached hydrogens (tertiary/aromatic N) is 3. The number of hydrogen-bond donors (Lipinski definition) is 2. The molecule has 0 radical (unpaired) electrons. The second-order valence-corrected chi connectivity index (χ2v) is 24.5. The van der Waals surface area contributed by atoms with Gasteiger partial charge in [0.05, 0.1) is 118 Å². The molecular formula is C82H89N3O18. The minimum Gasteiger partial charge on any atom is -0.496 e. The number of imide groups is 1. The van der Waals surface area contributed by atoms with Gasteiger partial charge in [0.25, 0.3) is 23.6 Å². The third kappa shape index (κ3) is 15.3. The summed E-state index contributed by atoms with van der Waals surface area (Å²) in [4.78, 5) is 93.7. The maximum atomic E-state index is 13.7. The third-order valence-corrected chi connectivity index (χ3v) is 18.0. The lowest BCUT2D eigenvalue weighted by Gasteiger charge is -2.23. The van der Waals surface area contributed by atoms with Crippen molar-refractivity contribution in [1.29, 1.82) is 0 Å². The summed E-state index contributed by atoms with van der Waals surface area (Å²) in [6.07, 6.45) is -0.240. The molecule has 3 heterocycles. The van der Waals surface area contributed by atoms with E-state index in [0.717, 1.165) is 62.4 Å². The van der Waals surface area contributed by atoms with Gasteiger partial charge in [-0.25, -0.2) is 4.90 Å². The molecule has 3 aliphatic rings. The van der Waals surface area contributed by atoms with Crippen molar-refractivity contribution in [3.05, 3.63) is 196 Å². The Morgan fingerprint density at radius 3 is 0.981 bits per heavy atom. The van der Waals surface area contributed by atoms with E-state index in [1.165, 1.54) is 31.1 Å². The second kappa shape index (κ2) is 33.6. The lowest BCUT2D eigenvalue weighted by Crippen LogP contribution is -2.29. The van der Waals surface area contributed by atoms with Crippen molar-refractivity contribution in [3.63, 3.8) is 0 Å². The van der Waals surface area contributed by atoms with Crippen molar-refractivity contribution in [1.82, 2.24) is 0 Å². The van der Waals surface area contributed by atoms with Crippen LogP contribution in [0.4, 0.5) is 17.1 Å². The summed E-state index contributed by atoms with van der Waals surface area (Å²) >= 11 is 0. The number of carbonyl (C=O) groups is 7. The average Bonchev–Trinajstić information content (AvgIpc) is 1.60. The summed E-state index contributed by atoms with van der Waals surface area (Å²) in [7, 11) is 4.53. The van der Waals surface area contributed by atoms with Gasteiger partial charge in [-0.05, 0) is 114 Å². The summed E-state index contributed by atoms with van der Waals surface area (Å²) in [5.74, 6) is -0.130. The minimum atomic E-state index is -1.25. The van der Waals surface area contributed by atoms with E-state index >= 15 is 0 Å². The molecule has 21 nitrogen and oxygen atoms in total. The second-order valence-electron chi connectivity index (χ2n) is 24.5. The van der Waals surface area contributed by atoms with Gasteiger partial charge in [0.1, 0.15) is 34.5 Å². The fourth-order valence-electron chi connectivity index (χ4n) is 12.6. The summed E-state index contributed by atoms with van der Waals surface area (Å²) < 4.78 is 50.7. The van der Waals surface area contributed by atoms with Crippen LogP contribution < -0.4 is 43.1 Å². The van der Waals surface area contributed by atoms with Crippen LogP contribution in [0.5, 0.6) is 34.5 Å². The Morgan fingerprint density at radius 1 is 0.369 bits per heavy atom.